The Morgan fingerprint density at radius 2 is 1.91 bits per heavy atom. The van der Waals surface area contributed by atoms with E-state index < -0.39 is 0 Å². The van der Waals surface area contributed by atoms with Crippen LogP contribution in [0.3, 0.4) is 0 Å². The summed E-state index contributed by atoms with van der Waals surface area (Å²) in [4.78, 5) is 0. The van der Waals surface area contributed by atoms with Crippen molar-refractivity contribution in [2.45, 2.75) is 45.3 Å². The summed E-state index contributed by atoms with van der Waals surface area (Å²) in [6.45, 7) is 6.93. The van der Waals surface area contributed by atoms with Gasteiger partial charge in [-0.15, -0.1) is 0 Å². The van der Waals surface area contributed by atoms with Crippen molar-refractivity contribution >= 4 is 12.6 Å². The average Bonchev–Trinajstić information content (AvgIpc) is 2.68. The fourth-order valence-corrected chi connectivity index (χ4v) is 2.75. The number of rotatable bonds is 4. The molecule has 0 bridgehead atoms. The van der Waals surface area contributed by atoms with Crippen molar-refractivity contribution in [2.75, 3.05) is 0 Å². The van der Waals surface area contributed by atoms with Crippen LogP contribution in [0.15, 0.2) is 0 Å². The predicted molar refractivity (Wildman–Crippen MR) is 54.1 cm³/mol. The SMILES string of the molecule is CCC(C(C)C)C(S)C1CC1. The van der Waals surface area contributed by atoms with E-state index in [1.165, 1.54) is 19.3 Å². The van der Waals surface area contributed by atoms with Crippen LogP contribution in [0, 0.1) is 17.8 Å². The van der Waals surface area contributed by atoms with E-state index in [-0.39, 0.29) is 0 Å². The minimum Gasteiger partial charge on any atom is -0.175 e. The molecule has 1 aliphatic carbocycles. The van der Waals surface area contributed by atoms with Crippen LogP contribution in [-0.2, 0) is 0 Å². The summed E-state index contributed by atoms with van der Waals surface area (Å²) in [5, 5.41) is 0.681. The molecule has 0 N–H and O–H groups in total. The molecule has 1 heteroatoms. The van der Waals surface area contributed by atoms with Gasteiger partial charge < -0.3 is 0 Å². The quantitative estimate of drug-likeness (QED) is 0.618. The minimum absolute atomic E-state index is 0.681. The van der Waals surface area contributed by atoms with Gasteiger partial charge in [0, 0.05) is 5.25 Å². The number of hydrogen-bond donors (Lipinski definition) is 1. The Hall–Kier alpha value is 0.350. The summed E-state index contributed by atoms with van der Waals surface area (Å²) in [7, 11) is 0. The van der Waals surface area contributed by atoms with E-state index in [9.17, 15) is 0 Å². The Morgan fingerprint density at radius 1 is 1.36 bits per heavy atom. The highest BCUT2D eigenvalue weighted by molar-refractivity contribution is 7.81. The molecule has 1 saturated carbocycles. The third-order valence-corrected chi connectivity index (χ3v) is 3.68. The molecule has 0 heterocycles. The van der Waals surface area contributed by atoms with E-state index in [1.54, 1.807) is 0 Å². The van der Waals surface area contributed by atoms with E-state index in [4.69, 9.17) is 12.6 Å². The first-order valence-corrected chi connectivity index (χ1v) is 5.36. The molecule has 1 fully saturated rings. The fourth-order valence-electron chi connectivity index (χ4n) is 1.89. The van der Waals surface area contributed by atoms with Crippen LogP contribution in [0.5, 0.6) is 0 Å². The van der Waals surface area contributed by atoms with Crippen molar-refractivity contribution in [3.05, 3.63) is 0 Å². The third kappa shape index (κ3) is 2.40. The van der Waals surface area contributed by atoms with Gasteiger partial charge >= 0.3 is 0 Å². The second-order valence-corrected chi connectivity index (χ2v) is 4.74. The summed E-state index contributed by atoms with van der Waals surface area (Å²) in [5.41, 5.74) is 0. The van der Waals surface area contributed by atoms with Crippen molar-refractivity contribution in [1.82, 2.24) is 0 Å². The molecule has 11 heavy (non-hydrogen) atoms. The Kier molecular flexibility index (Phi) is 3.29. The molecule has 2 unspecified atom stereocenters. The second-order valence-electron chi connectivity index (χ2n) is 4.14. The van der Waals surface area contributed by atoms with Crippen molar-refractivity contribution in [2.24, 2.45) is 17.8 Å². The van der Waals surface area contributed by atoms with Crippen LogP contribution in [0.2, 0.25) is 0 Å². The summed E-state index contributed by atoms with van der Waals surface area (Å²) in [6, 6.07) is 0. The Morgan fingerprint density at radius 3 is 2.18 bits per heavy atom. The van der Waals surface area contributed by atoms with Crippen molar-refractivity contribution in [1.29, 1.82) is 0 Å². The molecule has 0 saturated heterocycles. The molecule has 66 valence electrons. The predicted octanol–water partition coefficient (Wildman–Crippen LogP) is 3.38. The zero-order chi connectivity index (χ0) is 8.43. The van der Waals surface area contributed by atoms with Crippen LogP contribution in [0.1, 0.15) is 40.0 Å². The second kappa shape index (κ2) is 3.84. The minimum atomic E-state index is 0.681. The summed E-state index contributed by atoms with van der Waals surface area (Å²) < 4.78 is 0. The molecule has 0 aromatic rings. The third-order valence-electron chi connectivity index (χ3n) is 2.87. The summed E-state index contributed by atoms with van der Waals surface area (Å²) in [5.74, 6) is 2.60. The maximum absolute atomic E-state index is 4.70. The van der Waals surface area contributed by atoms with Gasteiger partial charge in [-0.05, 0) is 30.6 Å². The average molecular weight is 172 g/mol. The lowest BCUT2D eigenvalue weighted by molar-refractivity contribution is 0.345. The van der Waals surface area contributed by atoms with Crippen LogP contribution >= 0.6 is 12.6 Å². The highest BCUT2D eigenvalue weighted by Gasteiger charge is 2.34. The lowest BCUT2D eigenvalue weighted by Gasteiger charge is -2.25. The van der Waals surface area contributed by atoms with Gasteiger partial charge in [0.1, 0.15) is 0 Å². The lowest BCUT2D eigenvalue weighted by atomic mass is 9.88. The van der Waals surface area contributed by atoms with Gasteiger partial charge in [0.05, 0.1) is 0 Å². The van der Waals surface area contributed by atoms with E-state index in [0.29, 0.717) is 5.25 Å². The normalized spacial score (nSPS) is 23.7. The first-order chi connectivity index (χ1) is 5.16. The molecule has 0 aromatic heterocycles. The van der Waals surface area contributed by atoms with Gasteiger partial charge in [0.25, 0.3) is 0 Å². The molecule has 2 atom stereocenters. The highest BCUT2D eigenvalue weighted by atomic mass is 32.1. The van der Waals surface area contributed by atoms with Crippen LogP contribution in [-0.4, -0.2) is 5.25 Å². The molecule has 0 spiro atoms. The first-order valence-electron chi connectivity index (χ1n) is 4.84. The van der Waals surface area contributed by atoms with Crippen LogP contribution in [0.4, 0.5) is 0 Å². The fraction of sp³-hybridized carbons (Fsp3) is 1.00. The summed E-state index contributed by atoms with van der Waals surface area (Å²) in [6.07, 6.45) is 4.15. The van der Waals surface area contributed by atoms with E-state index in [1.807, 2.05) is 0 Å². The Balaban J connectivity index is 2.38. The molecule has 1 aliphatic rings. The number of hydrogen-bond acceptors (Lipinski definition) is 1. The van der Waals surface area contributed by atoms with Gasteiger partial charge in [-0.2, -0.15) is 12.6 Å². The van der Waals surface area contributed by atoms with Crippen LogP contribution in [0.25, 0.3) is 0 Å². The molecule has 0 amide bonds. The molecule has 0 aliphatic heterocycles. The van der Waals surface area contributed by atoms with Gasteiger partial charge in [0.2, 0.25) is 0 Å². The standard InChI is InChI=1S/C10H20S/c1-4-9(7(2)3)10(11)8-5-6-8/h7-11H,4-6H2,1-3H3. The Labute approximate surface area is 76.2 Å². The monoisotopic (exact) mass is 172 g/mol. The van der Waals surface area contributed by atoms with Gasteiger partial charge in [-0.3, -0.25) is 0 Å². The van der Waals surface area contributed by atoms with Crippen LogP contribution < -0.4 is 0 Å². The van der Waals surface area contributed by atoms with E-state index in [2.05, 4.69) is 20.8 Å². The summed E-state index contributed by atoms with van der Waals surface area (Å²) >= 11 is 4.70. The molecule has 0 nitrogen and oxygen atoms in total. The molecular formula is C10H20S. The van der Waals surface area contributed by atoms with Gasteiger partial charge in [0.15, 0.2) is 0 Å². The largest absolute Gasteiger partial charge is 0.175 e. The first kappa shape index (κ1) is 9.44. The molecular weight excluding hydrogens is 152 g/mol. The topological polar surface area (TPSA) is 0 Å². The Bertz CT molecular complexity index is 116. The molecule has 0 radical (unpaired) electrons. The highest BCUT2D eigenvalue weighted by Crippen LogP contribution is 2.41. The van der Waals surface area contributed by atoms with Crippen molar-refractivity contribution < 1.29 is 0 Å². The molecule has 0 aromatic carbocycles. The van der Waals surface area contributed by atoms with E-state index >= 15 is 0 Å². The lowest BCUT2D eigenvalue weighted by Crippen LogP contribution is -2.21. The van der Waals surface area contributed by atoms with Crippen molar-refractivity contribution in [3.63, 3.8) is 0 Å². The van der Waals surface area contributed by atoms with E-state index in [0.717, 1.165) is 17.8 Å². The smallest absolute Gasteiger partial charge is 0.00756 e. The zero-order valence-corrected chi connectivity index (χ0v) is 8.77. The zero-order valence-electron chi connectivity index (χ0n) is 7.88. The van der Waals surface area contributed by atoms with Crippen molar-refractivity contribution in [3.8, 4) is 0 Å². The number of thiol groups is 1. The molecule has 1 rings (SSSR count). The maximum atomic E-state index is 4.70. The maximum Gasteiger partial charge on any atom is 0.00756 e. The van der Waals surface area contributed by atoms with Gasteiger partial charge in [-0.1, -0.05) is 27.2 Å². The van der Waals surface area contributed by atoms with Gasteiger partial charge in [-0.25, -0.2) is 0 Å².